The van der Waals surface area contributed by atoms with Gasteiger partial charge in [0.15, 0.2) is 4.75 Å². The summed E-state index contributed by atoms with van der Waals surface area (Å²) in [5.41, 5.74) is 1.53. The Balaban J connectivity index is 1.74. The minimum atomic E-state index is -3.96. The van der Waals surface area contributed by atoms with Gasteiger partial charge in [-0.15, -0.1) is 0 Å². The van der Waals surface area contributed by atoms with Crippen molar-refractivity contribution in [2.24, 2.45) is 0 Å². The molecule has 2 aliphatic heterocycles. The van der Waals surface area contributed by atoms with E-state index in [-0.39, 0.29) is 39.1 Å². The van der Waals surface area contributed by atoms with Crippen molar-refractivity contribution < 1.29 is 27.9 Å². The number of hydrogen-bond acceptors (Lipinski definition) is 8. The Labute approximate surface area is 158 Å². The van der Waals surface area contributed by atoms with Gasteiger partial charge in [0.2, 0.25) is 10.0 Å². The lowest BCUT2D eigenvalue weighted by Crippen LogP contribution is -2.62. The van der Waals surface area contributed by atoms with E-state index in [9.17, 15) is 13.2 Å². The van der Waals surface area contributed by atoms with E-state index in [2.05, 4.69) is 4.98 Å². The molecule has 0 unspecified atom stereocenters. The van der Waals surface area contributed by atoms with E-state index in [1.807, 2.05) is 11.0 Å². The van der Waals surface area contributed by atoms with Gasteiger partial charge in [-0.3, -0.25) is 10.0 Å². The molecule has 0 aromatic carbocycles. The van der Waals surface area contributed by atoms with Crippen molar-refractivity contribution >= 4 is 21.7 Å². The largest absolute Gasteiger partial charge is 0.495 e. The summed E-state index contributed by atoms with van der Waals surface area (Å²) in [4.78, 5) is 18.6. The number of hydroxylamine groups is 1. The number of rotatable bonds is 5. The highest BCUT2D eigenvalue weighted by atomic mass is 32.2. The first kappa shape index (κ1) is 19.8. The third kappa shape index (κ3) is 3.59. The Hall–Kier alpha value is -1.95. The van der Waals surface area contributed by atoms with Crippen LogP contribution in [0.15, 0.2) is 18.3 Å². The first-order valence-electron chi connectivity index (χ1n) is 8.71. The molecular formula is C16H24N4O6S. The summed E-state index contributed by atoms with van der Waals surface area (Å²) in [5, 5.41) is 9.10. The van der Waals surface area contributed by atoms with Crippen LogP contribution in [0.3, 0.4) is 0 Å². The summed E-state index contributed by atoms with van der Waals surface area (Å²) < 4.78 is 36.4. The summed E-state index contributed by atoms with van der Waals surface area (Å²) in [6.07, 6.45) is 1.64. The molecule has 2 N–H and O–H groups in total. The second-order valence-electron chi connectivity index (χ2n) is 6.49. The number of nitrogens with zero attached hydrogens (tertiary/aromatic N) is 3. The summed E-state index contributed by atoms with van der Waals surface area (Å²) >= 11 is 0. The van der Waals surface area contributed by atoms with Gasteiger partial charge in [0.1, 0.15) is 11.6 Å². The smallest absolute Gasteiger partial charge is 0.266 e. The van der Waals surface area contributed by atoms with Gasteiger partial charge in [-0.2, -0.15) is 4.31 Å². The van der Waals surface area contributed by atoms with Crippen molar-refractivity contribution in [3.05, 3.63) is 18.3 Å². The zero-order valence-electron chi connectivity index (χ0n) is 15.1. The number of hydrogen-bond donors (Lipinski definition) is 2. The number of sulfonamides is 1. The van der Waals surface area contributed by atoms with Gasteiger partial charge in [-0.1, -0.05) is 0 Å². The molecule has 1 aromatic rings. The number of ether oxygens (including phenoxy) is 2. The van der Waals surface area contributed by atoms with Gasteiger partial charge < -0.3 is 14.4 Å². The Morgan fingerprint density at radius 3 is 2.44 bits per heavy atom. The van der Waals surface area contributed by atoms with Gasteiger partial charge in [0.25, 0.3) is 5.91 Å². The number of nitrogens with one attached hydrogen (secondary N) is 1. The minimum Gasteiger partial charge on any atom is -0.495 e. The van der Waals surface area contributed by atoms with Gasteiger partial charge >= 0.3 is 0 Å². The Morgan fingerprint density at radius 1 is 1.26 bits per heavy atom. The Bertz CT molecular complexity index is 756. The number of carbonyl (C=O) groups is 1. The molecule has 3 heterocycles. The lowest BCUT2D eigenvalue weighted by atomic mass is 9.98. The van der Waals surface area contributed by atoms with Crippen molar-refractivity contribution in [1.82, 2.24) is 14.8 Å². The molecule has 0 spiro atoms. The normalized spacial score (nSPS) is 20.9. The van der Waals surface area contributed by atoms with Crippen molar-refractivity contribution in [2.75, 3.05) is 51.4 Å². The molecule has 0 aliphatic carbocycles. The van der Waals surface area contributed by atoms with Crippen LogP contribution in [0, 0.1) is 0 Å². The van der Waals surface area contributed by atoms with Crippen molar-refractivity contribution in [3.8, 4) is 5.75 Å². The standard InChI is InChI=1S/C16H24N4O6S/c1-25-13-2-3-14(17-12-13)19-6-8-20(9-7-19)27(23,24)16(15(21)18-22)4-10-26-11-5-16/h2-3,12,22H,4-11H2,1H3,(H,18,21). The summed E-state index contributed by atoms with van der Waals surface area (Å²) in [6, 6.07) is 3.62. The number of piperazine rings is 1. The summed E-state index contributed by atoms with van der Waals surface area (Å²) in [7, 11) is -2.40. The second-order valence-corrected chi connectivity index (χ2v) is 8.74. The van der Waals surface area contributed by atoms with E-state index < -0.39 is 20.7 Å². The molecule has 0 atom stereocenters. The fraction of sp³-hybridized carbons (Fsp3) is 0.625. The molecule has 10 nitrogen and oxygen atoms in total. The molecule has 2 aliphatic rings. The van der Waals surface area contributed by atoms with E-state index in [1.165, 1.54) is 9.79 Å². The highest BCUT2D eigenvalue weighted by Gasteiger charge is 2.54. The molecule has 0 bridgehead atoms. The quantitative estimate of drug-likeness (QED) is 0.506. The van der Waals surface area contributed by atoms with Crippen molar-refractivity contribution in [3.63, 3.8) is 0 Å². The number of anilines is 1. The zero-order chi connectivity index (χ0) is 19.5. The average Bonchev–Trinajstić information content (AvgIpc) is 2.73. The fourth-order valence-electron chi connectivity index (χ4n) is 3.49. The number of pyridine rings is 1. The lowest BCUT2D eigenvalue weighted by molar-refractivity contribution is -0.134. The van der Waals surface area contributed by atoms with Crippen LogP contribution in [-0.4, -0.2) is 80.1 Å². The number of aromatic nitrogens is 1. The van der Waals surface area contributed by atoms with Crippen LogP contribution in [-0.2, 0) is 19.6 Å². The fourth-order valence-corrected chi connectivity index (χ4v) is 5.59. The summed E-state index contributed by atoms with van der Waals surface area (Å²) in [6.45, 7) is 1.68. The molecule has 11 heteroatoms. The van der Waals surface area contributed by atoms with E-state index in [0.717, 1.165) is 5.82 Å². The molecule has 2 fully saturated rings. The van der Waals surface area contributed by atoms with Gasteiger partial charge in [-0.25, -0.2) is 18.9 Å². The van der Waals surface area contributed by atoms with Crippen LogP contribution < -0.4 is 15.1 Å². The monoisotopic (exact) mass is 400 g/mol. The average molecular weight is 400 g/mol. The molecule has 1 amide bonds. The topological polar surface area (TPSA) is 121 Å². The Kier molecular flexibility index (Phi) is 5.84. The van der Waals surface area contributed by atoms with Crippen LogP contribution >= 0.6 is 0 Å². The molecule has 1 aromatic heterocycles. The predicted molar refractivity (Wildman–Crippen MR) is 96.2 cm³/mol. The van der Waals surface area contributed by atoms with Crippen LogP contribution in [0.25, 0.3) is 0 Å². The first-order valence-corrected chi connectivity index (χ1v) is 10.2. The molecule has 3 rings (SSSR count). The minimum absolute atomic E-state index is 0.0158. The van der Waals surface area contributed by atoms with E-state index >= 15 is 0 Å². The van der Waals surface area contributed by atoms with Crippen LogP contribution in [0.2, 0.25) is 0 Å². The highest BCUT2D eigenvalue weighted by molar-refractivity contribution is 7.91. The number of amides is 1. The second kappa shape index (κ2) is 7.97. The van der Waals surface area contributed by atoms with Gasteiger partial charge in [0, 0.05) is 52.2 Å². The van der Waals surface area contributed by atoms with Gasteiger partial charge in [0.05, 0.1) is 13.3 Å². The van der Waals surface area contributed by atoms with Crippen molar-refractivity contribution in [1.29, 1.82) is 0 Å². The highest BCUT2D eigenvalue weighted by Crippen LogP contribution is 2.33. The zero-order valence-corrected chi connectivity index (χ0v) is 15.9. The first-order chi connectivity index (χ1) is 12.9. The lowest BCUT2D eigenvalue weighted by Gasteiger charge is -2.41. The van der Waals surface area contributed by atoms with Crippen LogP contribution in [0.5, 0.6) is 5.75 Å². The maximum absolute atomic E-state index is 13.2. The van der Waals surface area contributed by atoms with Crippen LogP contribution in [0.4, 0.5) is 5.82 Å². The SMILES string of the molecule is COc1ccc(N2CCN(S(=O)(=O)C3(C(=O)NO)CCOCC3)CC2)nc1. The molecular weight excluding hydrogens is 376 g/mol. The number of methoxy groups -OCH3 is 1. The number of carbonyl (C=O) groups excluding carboxylic acids is 1. The van der Waals surface area contributed by atoms with E-state index in [1.54, 1.807) is 19.4 Å². The predicted octanol–water partition coefficient (Wildman–Crippen LogP) is -0.403. The summed E-state index contributed by atoms with van der Waals surface area (Å²) in [5.74, 6) is 0.489. The molecule has 2 saturated heterocycles. The van der Waals surface area contributed by atoms with Crippen LogP contribution in [0.1, 0.15) is 12.8 Å². The van der Waals surface area contributed by atoms with Gasteiger partial charge in [-0.05, 0) is 12.1 Å². The molecule has 0 radical (unpaired) electrons. The van der Waals surface area contributed by atoms with E-state index in [0.29, 0.717) is 18.8 Å². The Morgan fingerprint density at radius 2 is 1.93 bits per heavy atom. The molecule has 27 heavy (non-hydrogen) atoms. The maximum atomic E-state index is 13.2. The third-order valence-corrected chi connectivity index (χ3v) is 7.79. The maximum Gasteiger partial charge on any atom is 0.266 e. The van der Waals surface area contributed by atoms with E-state index in [4.69, 9.17) is 14.7 Å². The van der Waals surface area contributed by atoms with Crippen molar-refractivity contribution in [2.45, 2.75) is 17.6 Å². The molecule has 0 saturated carbocycles. The third-order valence-electron chi connectivity index (χ3n) is 5.17. The molecule has 150 valence electrons.